The number of hydrogen-bond donors (Lipinski definition) is 3. The normalized spacial score (nSPS) is 12.8. The molecule has 19 heavy (non-hydrogen) atoms. The van der Waals surface area contributed by atoms with E-state index in [2.05, 4.69) is 5.32 Å². The molecule has 5 heteroatoms. The van der Waals surface area contributed by atoms with Gasteiger partial charge in [-0.25, -0.2) is 4.79 Å². The van der Waals surface area contributed by atoms with Gasteiger partial charge in [0.1, 0.15) is 6.04 Å². The average molecular weight is 264 g/mol. The second-order valence-corrected chi connectivity index (χ2v) is 5.63. The molecule has 0 aliphatic rings. The van der Waals surface area contributed by atoms with Gasteiger partial charge in [0.25, 0.3) is 5.91 Å². The molecule has 0 fully saturated rings. The molecule has 0 saturated carbocycles. The van der Waals surface area contributed by atoms with Crippen LogP contribution in [0, 0.1) is 12.3 Å². The second kappa shape index (κ2) is 5.30. The molecular formula is C14H20N2O3. The summed E-state index contributed by atoms with van der Waals surface area (Å²) in [4.78, 5) is 23.4. The van der Waals surface area contributed by atoms with Crippen LogP contribution in [0.3, 0.4) is 0 Å². The van der Waals surface area contributed by atoms with Crippen LogP contribution >= 0.6 is 0 Å². The summed E-state index contributed by atoms with van der Waals surface area (Å²) in [5.41, 5.74) is 6.72. The first kappa shape index (κ1) is 15.0. The molecule has 1 rings (SSSR count). The van der Waals surface area contributed by atoms with E-state index in [1.165, 1.54) is 0 Å². The Morgan fingerprint density at radius 2 is 1.89 bits per heavy atom. The molecule has 0 saturated heterocycles. The minimum absolute atomic E-state index is 0.399. The van der Waals surface area contributed by atoms with E-state index in [4.69, 9.17) is 5.73 Å². The van der Waals surface area contributed by atoms with Crippen LogP contribution in [-0.4, -0.2) is 23.0 Å². The molecule has 0 spiro atoms. The number of carbonyl (C=O) groups is 2. The van der Waals surface area contributed by atoms with Gasteiger partial charge in [-0.05, 0) is 30.0 Å². The molecule has 0 heterocycles. The second-order valence-electron chi connectivity index (χ2n) is 5.63. The molecule has 0 aliphatic carbocycles. The van der Waals surface area contributed by atoms with E-state index in [0.29, 0.717) is 16.8 Å². The number of anilines is 1. The third-order valence-electron chi connectivity index (χ3n) is 3.01. The summed E-state index contributed by atoms with van der Waals surface area (Å²) in [6, 6.07) is 4.04. The van der Waals surface area contributed by atoms with Gasteiger partial charge < -0.3 is 16.2 Å². The van der Waals surface area contributed by atoms with Gasteiger partial charge in [-0.1, -0.05) is 26.8 Å². The summed E-state index contributed by atoms with van der Waals surface area (Å²) in [6.07, 6.45) is 0. The van der Waals surface area contributed by atoms with Gasteiger partial charge >= 0.3 is 5.97 Å². The van der Waals surface area contributed by atoms with Crippen LogP contribution in [0.25, 0.3) is 0 Å². The Bertz CT molecular complexity index is 504. The maximum Gasteiger partial charge on any atom is 0.326 e. The molecule has 5 nitrogen and oxygen atoms in total. The van der Waals surface area contributed by atoms with Crippen LogP contribution in [0.2, 0.25) is 0 Å². The van der Waals surface area contributed by atoms with Gasteiger partial charge in [0, 0.05) is 11.3 Å². The summed E-state index contributed by atoms with van der Waals surface area (Å²) in [6.45, 7) is 7.02. The first-order valence-electron chi connectivity index (χ1n) is 6.03. The van der Waals surface area contributed by atoms with Crippen molar-refractivity contribution in [2.45, 2.75) is 33.7 Å². The summed E-state index contributed by atoms with van der Waals surface area (Å²) < 4.78 is 0. The fourth-order valence-electron chi connectivity index (χ4n) is 1.76. The predicted molar refractivity (Wildman–Crippen MR) is 73.9 cm³/mol. The Balaban J connectivity index is 3.02. The van der Waals surface area contributed by atoms with Gasteiger partial charge in [-0.2, -0.15) is 0 Å². The molecule has 1 amide bonds. The number of hydrogen-bond acceptors (Lipinski definition) is 3. The zero-order valence-electron chi connectivity index (χ0n) is 11.7. The van der Waals surface area contributed by atoms with Crippen molar-refractivity contribution in [1.82, 2.24) is 5.32 Å². The number of carbonyl (C=O) groups excluding carboxylic acids is 1. The fraction of sp³-hybridized carbons (Fsp3) is 0.429. The molecule has 0 unspecified atom stereocenters. The number of aliphatic carboxylic acids is 1. The van der Waals surface area contributed by atoms with E-state index in [0.717, 1.165) is 0 Å². The van der Waals surface area contributed by atoms with Crippen molar-refractivity contribution in [3.05, 3.63) is 29.3 Å². The molecular weight excluding hydrogens is 244 g/mol. The first-order valence-corrected chi connectivity index (χ1v) is 6.03. The van der Waals surface area contributed by atoms with E-state index < -0.39 is 23.3 Å². The lowest BCUT2D eigenvalue weighted by Gasteiger charge is -2.28. The van der Waals surface area contributed by atoms with Crippen molar-refractivity contribution in [2.75, 3.05) is 5.73 Å². The first-order chi connectivity index (χ1) is 8.64. The van der Waals surface area contributed by atoms with E-state index in [1.807, 2.05) is 0 Å². The Kier molecular flexibility index (Phi) is 4.19. The van der Waals surface area contributed by atoms with Crippen LogP contribution in [0.4, 0.5) is 5.69 Å². The lowest BCUT2D eigenvalue weighted by molar-refractivity contribution is -0.142. The van der Waals surface area contributed by atoms with Crippen LogP contribution in [0.15, 0.2) is 18.2 Å². The van der Waals surface area contributed by atoms with Crippen molar-refractivity contribution in [3.8, 4) is 0 Å². The minimum Gasteiger partial charge on any atom is -0.480 e. The molecule has 0 radical (unpaired) electrons. The lowest BCUT2D eigenvalue weighted by Crippen LogP contribution is -2.49. The quantitative estimate of drug-likeness (QED) is 0.726. The smallest absolute Gasteiger partial charge is 0.326 e. The maximum atomic E-state index is 12.1. The van der Waals surface area contributed by atoms with Crippen LogP contribution in [-0.2, 0) is 4.79 Å². The summed E-state index contributed by atoms with van der Waals surface area (Å²) in [5.74, 6) is -1.48. The number of carboxylic acid groups (broad SMARTS) is 1. The van der Waals surface area contributed by atoms with Gasteiger partial charge in [0.05, 0.1) is 0 Å². The van der Waals surface area contributed by atoms with Crippen molar-refractivity contribution in [1.29, 1.82) is 0 Å². The number of nitrogens with one attached hydrogen (secondary N) is 1. The monoisotopic (exact) mass is 264 g/mol. The Hall–Kier alpha value is -2.04. The highest BCUT2D eigenvalue weighted by atomic mass is 16.4. The standard InChI is InChI=1S/C14H20N2O3/c1-8-9(6-5-7-10(8)15)12(17)16-11(13(18)19)14(2,3)4/h5-7,11H,15H2,1-4H3,(H,16,17)(H,18,19)/t11-/m0/s1. The van der Waals surface area contributed by atoms with Crippen molar-refractivity contribution >= 4 is 17.6 Å². The fourth-order valence-corrected chi connectivity index (χ4v) is 1.76. The third kappa shape index (κ3) is 3.47. The third-order valence-corrected chi connectivity index (χ3v) is 3.01. The molecule has 104 valence electrons. The van der Waals surface area contributed by atoms with Gasteiger partial charge in [-0.15, -0.1) is 0 Å². The van der Waals surface area contributed by atoms with E-state index in [1.54, 1.807) is 45.9 Å². The molecule has 0 bridgehead atoms. The lowest BCUT2D eigenvalue weighted by atomic mass is 9.86. The minimum atomic E-state index is -1.05. The Labute approximate surface area is 112 Å². The molecule has 0 aliphatic heterocycles. The average Bonchev–Trinajstić information content (AvgIpc) is 2.27. The molecule has 4 N–H and O–H groups in total. The number of carboxylic acids is 1. The van der Waals surface area contributed by atoms with E-state index >= 15 is 0 Å². The largest absolute Gasteiger partial charge is 0.480 e. The number of benzene rings is 1. The highest BCUT2D eigenvalue weighted by Gasteiger charge is 2.33. The van der Waals surface area contributed by atoms with Crippen molar-refractivity contribution in [3.63, 3.8) is 0 Å². The van der Waals surface area contributed by atoms with Crippen LogP contribution in [0.5, 0.6) is 0 Å². The highest BCUT2D eigenvalue weighted by molar-refractivity contribution is 5.99. The number of nitrogen functional groups attached to an aromatic ring is 1. The van der Waals surface area contributed by atoms with E-state index in [-0.39, 0.29) is 0 Å². The summed E-state index contributed by atoms with van der Waals surface area (Å²) in [7, 11) is 0. The zero-order valence-corrected chi connectivity index (χ0v) is 11.7. The van der Waals surface area contributed by atoms with Crippen LogP contribution < -0.4 is 11.1 Å². The van der Waals surface area contributed by atoms with Gasteiger partial charge in [0.15, 0.2) is 0 Å². The SMILES string of the molecule is Cc1c(N)cccc1C(=O)N[C@@H](C(=O)O)C(C)(C)C. The van der Waals surface area contributed by atoms with Crippen LogP contribution in [0.1, 0.15) is 36.7 Å². The van der Waals surface area contributed by atoms with Crippen molar-refractivity contribution < 1.29 is 14.7 Å². The topological polar surface area (TPSA) is 92.4 Å². The Morgan fingerprint density at radius 1 is 1.32 bits per heavy atom. The molecule has 1 aromatic carbocycles. The highest BCUT2D eigenvalue weighted by Crippen LogP contribution is 2.21. The number of amides is 1. The van der Waals surface area contributed by atoms with E-state index in [9.17, 15) is 14.7 Å². The number of nitrogens with two attached hydrogens (primary N) is 1. The summed E-state index contributed by atoms with van der Waals surface area (Å²) >= 11 is 0. The molecule has 0 aromatic heterocycles. The maximum absolute atomic E-state index is 12.1. The summed E-state index contributed by atoms with van der Waals surface area (Å²) in [5, 5.41) is 11.7. The Morgan fingerprint density at radius 3 is 2.37 bits per heavy atom. The molecule has 1 aromatic rings. The zero-order chi connectivity index (χ0) is 14.8. The van der Waals surface area contributed by atoms with Crippen molar-refractivity contribution in [2.24, 2.45) is 5.41 Å². The predicted octanol–water partition coefficient (Wildman–Crippen LogP) is 1.81. The number of rotatable bonds is 3. The molecule has 1 atom stereocenters. The van der Waals surface area contributed by atoms with Gasteiger partial charge in [0.2, 0.25) is 0 Å². The van der Waals surface area contributed by atoms with Gasteiger partial charge in [-0.3, -0.25) is 4.79 Å².